The molecule has 2 rings (SSSR count). The van der Waals surface area contributed by atoms with Gasteiger partial charge in [-0.25, -0.2) is 0 Å². The van der Waals surface area contributed by atoms with Gasteiger partial charge in [-0.1, -0.05) is 50.1 Å². The number of anilines is 1. The van der Waals surface area contributed by atoms with Crippen molar-refractivity contribution in [2.45, 2.75) is 59.2 Å². The Labute approximate surface area is 209 Å². The molecule has 0 fully saturated rings. The highest BCUT2D eigenvalue weighted by atomic mass is 35.5. The van der Waals surface area contributed by atoms with Crippen molar-refractivity contribution < 1.29 is 9.47 Å². The van der Waals surface area contributed by atoms with Gasteiger partial charge in [-0.05, 0) is 74.8 Å². The first-order chi connectivity index (χ1) is 15.6. The molecule has 2 aromatic rings. The van der Waals surface area contributed by atoms with E-state index >= 15 is 0 Å². The number of benzene rings is 2. The Morgan fingerprint density at radius 1 is 1.12 bits per heavy atom. The van der Waals surface area contributed by atoms with Crippen LogP contribution in [0.5, 0.6) is 5.75 Å². The van der Waals surface area contributed by atoms with E-state index in [1.54, 1.807) is 7.11 Å². The first-order valence-corrected chi connectivity index (χ1v) is 12.2. The predicted octanol–water partition coefficient (Wildman–Crippen LogP) is 6.32. The molecule has 0 amide bonds. The summed E-state index contributed by atoms with van der Waals surface area (Å²) in [5.41, 5.74) is 1.75. The number of nitrogens with zero attached hydrogens (tertiary/aromatic N) is 1. The first kappa shape index (κ1) is 27.4. The number of rotatable bonds is 11. The second-order valence-corrected chi connectivity index (χ2v) is 10.0. The van der Waals surface area contributed by atoms with Crippen LogP contribution in [-0.2, 0) is 11.3 Å². The van der Waals surface area contributed by atoms with E-state index in [9.17, 15) is 0 Å². The quantitative estimate of drug-likeness (QED) is 0.283. The van der Waals surface area contributed by atoms with Crippen LogP contribution in [0.25, 0.3) is 0 Å². The Balaban J connectivity index is 2.21. The van der Waals surface area contributed by atoms with Gasteiger partial charge < -0.3 is 19.7 Å². The molecule has 2 aromatic carbocycles. The lowest BCUT2D eigenvalue weighted by molar-refractivity contribution is -0.0205. The van der Waals surface area contributed by atoms with Crippen LogP contribution in [0.1, 0.15) is 46.6 Å². The number of hydrogen-bond donors (Lipinski definition) is 2. The van der Waals surface area contributed by atoms with E-state index in [1.807, 2.05) is 48.5 Å². The van der Waals surface area contributed by atoms with Gasteiger partial charge in [0.2, 0.25) is 0 Å². The molecule has 182 valence electrons. The van der Waals surface area contributed by atoms with Crippen LogP contribution in [0, 0.1) is 5.92 Å². The van der Waals surface area contributed by atoms with E-state index in [0.29, 0.717) is 24.3 Å². The molecular formula is C26H38ClN3O2S. The topological polar surface area (TPSA) is 45.8 Å². The maximum atomic E-state index is 6.49. The van der Waals surface area contributed by atoms with Gasteiger partial charge in [-0.3, -0.25) is 5.32 Å². The Morgan fingerprint density at radius 3 is 2.36 bits per heavy atom. The third kappa shape index (κ3) is 9.49. The Morgan fingerprint density at radius 2 is 1.79 bits per heavy atom. The Kier molecular flexibility index (Phi) is 10.9. The number of nitrogens with one attached hydrogen (secondary N) is 2. The molecule has 33 heavy (non-hydrogen) atoms. The van der Waals surface area contributed by atoms with Gasteiger partial charge >= 0.3 is 0 Å². The van der Waals surface area contributed by atoms with Crippen LogP contribution < -0.4 is 15.4 Å². The standard InChI is InChI=1S/C26H38ClN3O2S/c1-7-19(2)24(28-18-32-26(3,4)5)17-30(16-20-10-8-9-11-23(20)27)25(33)29-21-12-14-22(31-6)15-13-21/h8-15,19,24,28H,7,16-18H2,1-6H3,(H,29,33)/t19-,24+/m0/s1. The Hall–Kier alpha value is -1.86. The zero-order valence-electron chi connectivity index (χ0n) is 20.7. The summed E-state index contributed by atoms with van der Waals surface area (Å²) in [7, 11) is 1.66. The molecule has 0 spiro atoms. The first-order valence-electron chi connectivity index (χ1n) is 11.4. The number of ether oxygens (including phenoxy) is 2. The molecular weight excluding hydrogens is 454 g/mol. The summed E-state index contributed by atoms with van der Waals surface area (Å²) in [6, 6.07) is 15.8. The van der Waals surface area contributed by atoms with Crippen LogP contribution in [0.4, 0.5) is 5.69 Å². The fourth-order valence-electron chi connectivity index (χ4n) is 3.26. The molecule has 0 radical (unpaired) electrons. The van der Waals surface area contributed by atoms with E-state index in [1.165, 1.54) is 0 Å². The summed E-state index contributed by atoms with van der Waals surface area (Å²) < 4.78 is 11.2. The van der Waals surface area contributed by atoms with Crippen LogP contribution >= 0.6 is 23.8 Å². The number of thiocarbonyl (C=S) groups is 1. The van der Waals surface area contributed by atoms with Crippen molar-refractivity contribution in [3.63, 3.8) is 0 Å². The van der Waals surface area contributed by atoms with Crippen molar-refractivity contribution in [3.8, 4) is 5.75 Å². The second-order valence-electron chi connectivity index (χ2n) is 9.23. The summed E-state index contributed by atoms with van der Waals surface area (Å²) in [5, 5.41) is 8.35. The molecule has 2 atom stereocenters. The summed E-state index contributed by atoms with van der Waals surface area (Å²) in [5.74, 6) is 1.24. The maximum Gasteiger partial charge on any atom is 0.173 e. The van der Waals surface area contributed by atoms with Crippen LogP contribution in [-0.4, -0.2) is 42.0 Å². The van der Waals surface area contributed by atoms with Gasteiger partial charge in [-0.15, -0.1) is 0 Å². The van der Waals surface area contributed by atoms with Crippen molar-refractivity contribution in [1.82, 2.24) is 10.2 Å². The molecule has 5 nitrogen and oxygen atoms in total. The highest BCUT2D eigenvalue weighted by Gasteiger charge is 2.23. The van der Waals surface area contributed by atoms with E-state index in [0.717, 1.165) is 35.0 Å². The van der Waals surface area contributed by atoms with E-state index < -0.39 is 0 Å². The molecule has 0 unspecified atom stereocenters. The molecule has 7 heteroatoms. The SMILES string of the molecule is CC[C@H](C)[C@@H](CN(Cc1ccccc1Cl)C(=S)Nc1ccc(OC)cc1)NCOC(C)(C)C. The van der Waals surface area contributed by atoms with Gasteiger partial charge in [0.25, 0.3) is 0 Å². The van der Waals surface area contributed by atoms with Gasteiger partial charge in [-0.2, -0.15) is 0 Å². The number of halogens is 1. The smallest absolute Gasteiger partial charge is 0.173 e. The molecule has 0 saturated carbocycles. The van der Waals surface area contributed by atoms with Gasteiger partial charge in [0, 0.05) is 29.8 Å². The summed E-state index contributed by atoms with van der Waals surface area (Å²) in [4.78, 5) is 2.17. The van der Waals surface area contributed by atoms with E-state index in [4.69, 9.17) is 33.3 Å². The van der Waals surface area contributed by atoms with Crippen LogP contribution in [0.3, 0.4) is 0 Å². The monoisotopic (exact) mass is 491 g/mol. The predicted molar refractivity (Wildman–Crippen MR) is 143 cm³/mol. The third-order valence-electron chi connectivity index (χ3n) is 5.55. The maximum absolute atomic E-state index is 6.49. The minimum Gasteiger partial charge on any atom is -0.497 e. The van der Waals surface area contributed by atoms with Gasteiger partial charge in [0.05, 0.1) is 19.4 Å². The number of hydrogen-bond acceptors (Lipinski definition) is 4. The molecule has 0 aliphatic rings. The van der Waals surface area contributed by atoms with E-state index in [2.05, 4.69) is 50.2 Å². The van der Waals surface area contributed by atoms with Crippen molar-refractivity contribution in [1.29, 1.82) is 0 Å². The normalized spacial score (nSPS) is 13.3. The molecule has 0 heterocycles. The lowest BCUT2D eigenvalue weighted by Gasteiger charge is -2.34. The average Bonchev–Trinajstić information content (AvgIpc) is 2.78. The second kappa shape index (κ2) is 13.1. The molecule has 0 bridgehead atoms. The highest BCUT2D eigenvalue weighted by molar-refractivity contribution is 7.80. The fourth-order valence-corrected chi connectivity index (χ4v) is 3.71. The third-order valence-corrected chi connectivity index (χ3v) is 6.28. The lowest BCUT2D eigenvalue weighted by Crippen LogP contribution is -2.49. The van der Waals surface area contributed by atoms with Gasteiger partial charge in [0.15, 0.2) is 5.11 Å². The van der Waals surface area contributed by atoms with E-state index in [-0.39, 0.29) is 11.6 Å². The van der Waals surface area contributed by atoms with Crippen molar-refractivity contribution in [2.24, 2.45) is 5.92 Å². The molecule has 2 N–H and O–H groups in total. The van der Waals surface area contributed by atoms with Gasteiger partial charge in [0.1, 0.15) is 5.75 Å². The summed E-state index contributed by atoms with van der Waals surface area (Å²) in [6.07, 6.45) is 1.05. The fraction of sp³-hybridized carbons (Fsp3) is 0.500. The molecule has 0 aromatic heterocycles. The van der Waals surface area contributed by atoms with Crippen molar-refractivity contribution in [3.05, 3.63) is 59.1 Å². The molecule has 0 aliphatic carbocycles. The van der Waals surface area contributed by atoms with Crippen molar-refractivity contribution in [2.75, 3.05) is 25.7 Å². The van der Waals surface area contributed by atoms with Crippen LogP contribution in [0.15, 0.2) is 48.5 Å². The molecule has 0 saturated heterocycles. The minimum atomic E-state index is -0.199. The zero-order valence-corrected chi connectivity index (χ0v) is 22.2. The summed E-state index contributed by atoms with van der Waals surface area (Å²) >= 11 is 12.3. The van der Waals surface area contributed by atoms with Crippen LogP contribution in [0.2, 0.25) is 5.02 Å². The zero-order chi connectivity index (χ0) is 24.4. The average molecular weight is 492 g/mol. The molecule has 0 aliphatic heterocycles. The Bertz CT molecular complexity index is 871. The lowest BCUT2D eigenvalue weighted by atomic mass is 9.98. The highest BCUT2D eigenvalue weighted by Crippen LogP contribution is 2.21. The largest absolute Gasteiger partial charge is 0.497 e. The minimum absolute atomic E-state index is 0.190. The van der Waals surface area contributed by atoms with Crippen molar-refractivity contribution >= 4 is 34.6 Å². The number of methoxy groups -OCH3 is 1. The summed E-state index contributed by atoms with van der Waals surface area (Å²) in [6.45, 7) is 12.4.